The third-order valence-corrected chi connectivity index (χ3v) is 4.80. The maximum absolute atomic E-state index is 3.32. The van der Waals surface area contributed by atoms with Gasteiger partial charge in [0.2, 0.25) is 0 Å². The van der Waals surface area contributed by atoms with Crippen LogP contribution < -0.4 is 24.8 Å². The van der Waals surface area contributed by atoms with Crippen molar-refractivity contribution >= 4 is 17.2 Å². The second-order valence-electron chi connectivity index (χ2n) is 6.48. The zero-order valence-corrected chi connectivity index (χ0v) is 22.4. The molecule has 3 aliphatic carbocycles. The number of allylic oxidation sites excluding steroid dienone is 10. The van der Waals surface area contributed by atoms with Gasteiger partial charge in [0.15, 0.2) is 0 Å². The number of hydrogen-bond acceptors (Lipinski definition) is 2. The quantitative estimate of drug-likeness (QED) is 0.332. The Morgan fingerprint density at radius 3 is 2.41 bits per heavy atom. The van der Waals surface area contributed by atoms with E-state index >= 15 is 0 Å². The number of likely N-dealkylation sites (N-methyl/N-ethyl adjacent to an activating group) is 1. The first-order chi connectivity index (χ1) is 11.8. The largest absolute Gasteiger partial charge is 1.00 e. The van der Waals surface area contributed by atoms with Gasteiger partial charge in [-0.3, -0.25) is 0 Å². The molecule has 0 saturated carbocycles. The van der Waals surface area contributed by atoms with Gasteiger partial charge in [0.25, 0.3) is 0 Å². The standard InChI is InChI=1S/C10H12N.C9H7S.C2H6Si.2ClH.Zr/c1-7-4-9-6-8(2)11(3)10(9)5-7;1-10-9-6-5-7-3-2-4-8(7)9;1-3-2;;;/h5-6,8H,1-3H3;2-3,5-6H,1H3;1-2H3;2*1H;/q2*-1;;;;+2/p-2. The third kappa shape index (κ3) is 7.40. The van der Waals surface area contributed by atoms with Gasteiger partial charge >= 0.3 is 41.9 Å². The molecule has 0 radical (unpaired) electrons. The van der Waals surface area contributed by atoms with E-state index in [1.807, 2.05) is 6.08 Å². The Morgan fingerprint density at radius 1 is 1.22 bits per heavy atom. The van der Waals surface area contributed by atoms with Crippen LogP contribution in [-0.4, -0.2) is 29.7 Å². The molecule has 0 aromatic carbocycles. The van der Waals surface area contributed by atoms with Crippen LogP contribution in [0.4, 0.5) is 0 Å². The average Bonchev–Trinajstić information content (AvgIpc) is 3.25. The van der Waals surface area contributed by atoms with E-state index in [1.54, 1.807) is 35.1 Å². The van der Waals surface area contributed by atoms with E-state index in [0.29, 0.717) is 6.04 Å². The van der Waals surface area contributed by atoms with Crippen LogP contribution in [0.15, 0.2) is 69.4 Å². The van der Waals surface area contributed by atoms with E-state index in [1.165, 1.54) is 32.9 Å². The van der Waals surface area contributed by atoms with Crippen molar-refractivity contribution in [3.8, 4) is 0 Å². The molecule has 1 nitrogen and oxygen atoms in total. The van der Waals surface area contributed by atoms with E-state index in [4.69, 9.17) is 0 Å². The van der Waals surface area contributed by atoms with E-state index < -0.39 is 0 Å². The van der Waals surface area contributed by atoms with Gasteiger partial charge in [-0.05, 0) is 13.3 Å². The molecule has 0 N–H and O–H groups in total. The van der Waals surface area contributed by atoms with Crippen molar-refractivity contribution in [2.24, 2.45) is 0 Å². The average molecular weight is 514 g/mol. The van der Waals surface area contributed by atoms with Crippen molar-refractivity contribution < 1.29 is 48.1 Å². The van der Waals surface area contributed by atoms with Crippen LogP contribution in [0.5, 0.6) is 0 Å². The monoisotopic (exact) mass is 511 g/mol. The first-order valence-corrected chi connectivity index (χ1v) is 15.8. The summed E-state index contributed by atoms with van der Waals surface area (Å²) in [7, 11) is 2.13. The number of thioether (sulfide) groups is 1. The number of rotatable bonds is 1. The number of hydrogen-bond donors (Lipinski definition) is 0. The molecule has 1 unspecified atom stereocenters. The number of halogens is 2. The van der Waals surface area contributed by atoms with Crippen LogP contribution in [0.3, 0.4) is 0 Å². The number of nitrogens with zero attached hydrogens (tertiary/aromatic N) is 1. The van der Waals surface area contributed by atoms with Crippen molar-refractivity contribution in [3.63, 3.8) is 0 Å². The van der Waals surface area contributed by atoms with E-state index in [9.17, 15) is 0 Å². The van der Waals surface area contributed by atoms with E-state index in [0.717, 1.165) is 0 Å². The molecule has 1 heterocycles. The van der Waals surface area contributed by atoms with Crippen LogP contribution >= 0.6 is 11.8 Å². The summed E-state index contributed by atoms with van der Waals surface area (Å²) in [5.41, 5.74) is 6.64. The summed E-state index contributed by atoms with van der Waals surface area (Å²) >= 11 is 3.52. The second-order valence-corrected chi connectivity index (χ2v) is 16.7. The van der Waals surface area contributed by atoms with E-state index in [2.05, 4.69) is 87.7 Å². The maximum atomic E-state index is 3.32. The molecule has 0 amide bonds. The zero-order valence-electron chi connectivity index (χ0n) is 16.7. The molecule has 0 bridgehead atoms. The summed E-state index contributed by atoms with van der Waals surface area (Å²) in [6.07, 6.45) is 21.4. The molecular formula is C21H25Cl2NSSiZr-2. The molecular weight excluding hydrogens is 489 g/mol. The van der Waals surface area contributed by atoms with Crippen molar-refractivity contribution in [1.82, 2.24) is 4.90 Å². The van der Waals surface area contributed by atoms with Gasteiger partial charge < -0.3 is 29.7 Å². The van der Waals surface area contributed by atoms with Crippen molar-refractivity contribution in [1.29, 1.82) is 0 Å². The molecule has 0 aromatic heterocycles. The Hall–Kier alpha value is 0.0100. The number of fused-ring (bicyclic) bond motifs is 2. The topological polar surface area (TPSA) is 3.24 Å². The molecule has 1 aliphatic heterocycles. The smallest absolute Gasteiger partial charge is 1.00 e. The third-order valence-electron chi connectivity index (χ3n) is 4.02. The summed E-state index contributed by atoms with van der Waals surface area (Å²) < 4.78 is 0. The van der Waals surface area contributed by atoms with Crippen molar-refractivity contribution in [2.45, 2.75) is 33.0 Å². The van der Waals surface area contributed by atoms with Gasteiger partial charge in [-0.1, -0.05) is 30.5 Å². The summed E-state index contributed by atoms with van der Waals surface area (Å²) in [5, 5.41) is 0. The van der Waals surface area contributed by atoms with Crippen LogP contribution in [0.1, 0.15) is 13.8 Å². The summed E-state index contributed by atoms with van der Waals surface area (Å²) in [5.74, 6) is 0. The Bertz CT molecular complexity index is 784. The zero-order chi connectivity index (χ0) is 18.6. The molecule has 0 saturated heterocycles. The van der Waals surface area contributed by atoms with Gasteiger partial charge in [0, 0.05) is 6.04 Å². The van der Waals surface area contributed by atoms with Crippen LogP contribution in [0, 0.1) is 12.2 Å². The Kier molecular flexibility index (Phi) is 12.6. The minimum atomic E-state index is 0. The fraction of sp³-hybridized carbons (Fsp3) is 0.333. The van der Waals surface area contributed by atoms with Gasteiger partial charge in [0.1, 0.15) is 0 Å². The summed E-state index contributed by atoms with van der Waals surface area (Å²) in [4.78, 5) is 3.61. The van der Waals surface area contributed by atoms with Crippen molar-refractivity contribution in [3.05, 3.63) is 81.5 Å². The minimum Gasteiger partial charge on any atom is -1.00 e. The predicted octanol–water partition coefficient (Wildman–Crippen LogP) is -0.841. The minimum absolute atomic E-state index is 0. The van der Waals surface area contributed by atoms with Crippen LogP contribution in [-0.2, 0) is 23.3 Å². The van der Waals surface area contributed by atoms with Gasteiger partial charge in [-0.15, -0.1) is 52.7 Å². The fourth-order valence-corrected chi connectivity index (χ4v) is 3.32. The Morgan fingerprint density at radius 2 is 1.85 bits per heavy atom. The van der Waals surface area contributed by atoms with Gasteiger partial charge in [-0.25, -0.2) is 0 Å². The first-order valence-electron chi connectivity index (χ1n) is 8.39. The van der Waals surface area contributed by atoms with Crippen LogP contribution in [0.25, 0.3) is 0 Å². The Labute approximate surface area is 196 Å². The molecule has 4 rings (SSSR count). The molecule has 0 fully saturated rings. The molecule has 1 atom stereocenters. The maximum Gasteiger partial charge on any atom is -1.00 e. The SMILES string of the molecule is CC1=[C-]C2=CC(C)N(C)C2=C1.CSC1=C2[C-]=CC=C2C=C1.C[Si](C)=[Zr+2].[Cl-].[Cl-]. The predicted molar refractivity (Wildman–Crippen MR) is 109 cm³/mol. The van der Waals surface area contributed by atoms with Gasteiger partial charge in [0.05, 0.1) is 0 Å². The summed E-state index contributed by atoms with van der Waals surface area (Å²) in [6.45, 7) is 8.90. The van der Waals surface area contributed by atoms with Crippen molar-refractivity contribution in [2.75, 3.05) is 13.3 Å². The molecule has 6 heteroatoms. The molecule has 27 heavy (non-hydrogen) atoms. The fourth-order valence-electron chi connectivity index (χ4n) is 2.74. The summed E-state index contributed by atoms with van der Waals surface area (Å²) in [6, 6.07) is 0.539. The Balaban J connectivity index is 0.000000397. The van der Waals surface area contributed by atoms with E-state index in [-0.39, 0.29) is 30.2 Å². The molecule has 144 valence electrons. The van der Waals surface area contributed by atoms with Gasteiger partial charge in [-0.2, -0.15) is 23.9 Å². The first kappa shape index (κ1) is 27.0. The molecule has 4 aliphatic rings. The molecule has 0 aromatic rings. The van der Waals surface area contributed by atoms with Crippen LogP contribution in [0.2, 0.25) is 13.1 Å². The second kappa shape index (κ2) is 12.5. The normalized spacial score (nSPS) is 20.0. The molecule has 0 spiro atoms.